The maximum atomic E-state index is 11.9. The highest BCUT2D eigenvalue weighted by Crippen LogP contribution is 2.18. The van der Waals surface area contributed by atoms with Crippen LogP contribution in [0.1, 0.15) is 32.3 Å². The Labute approximate surface area is 120 Å². The maximum Gasteiger partial charge on any atom is 0.237 e. The molecule has 5 heteroatoms. The third-order valence-corrected chi connectivity index (χ3v) is 3.64. The van der Waals surface area contributed by atoms with Crippen molar-refractivity contribution in [2.24, 2.45) is 0 Å². The summed E-state index contributed by atoms with van der Waals surface area (Å²) in [6.45, 7) is 7.51. The van der Waals surface area contributed by atoms with Crippen LogP contribution in [0.15, 0.2) is 18.3 Å². The second-order valence-electron chi connectivity index (χ2n) is 5.12. The van der Waals surface area contributed by atoms with E-state index in [9.17, 15) is 4.79 Å². The molecule has 1 aliphatic rings. The van der Waals surface area contributed by atoms with Gasteiger partial charge in [-0.1, -0.05) is 19.9 Å². The van der Waals surface area contributed by atoms with Crippen LogP contribution in [0, 0.1) is 0 Å². The highest BCUT2D eigenvalue weighted by molar-refractivity contribution is 5.82. The van der Waals surface area contributed by atoms with E-state index < -0.39 is 0 Å². The third kappa shape index (κ3) is 3.48. The van der Waals surface area contributed by atoms with Gasteiger partial charge in [-0.15, -0.1) is 0 Å². The van der Waals surface area contributed by atoms with Crippen LogP contribution in [-0.4, -0.2) is 41.5 Å². The Morgan fingerprint density at radius 3 is 3.10 bits per heavy atom. The highest BCUT2D eigenvalue weighted by Gasteiger charge is 2.28. The van der Waals surface area contributed by atoms with E-state index in [1.165, 1.54) is 0 Å². The molecule has 0 aromatic carbocycles. The Hall–Kier alpha value is -1.62. The van der Waals surface area contributed by atoms with Gasteiger partial charge in [0.1, 0.15) is 5.82 Å². The molecule has 0 bridgehead atoms. The lowest BCUT2D eigenvalue weighted by molar-refractivity contribution is -0.129. The first-order valence-corrected chi connectivity index (χ1v) is 7.45. The SMILES string of the molecule is CCCNc1ncccc1CN1CCNC(=O)C1CC. The van der Waals surface area contributed by atoms with Crippen LogP contribution in [0.25, 0.3) is 0 Å². The number of hydrogen-bond acceptors (Lipinski definition) is 4. The fourth-order valence-corrected chi connectivity index (χ4v) is 2.58. The Morgan fingerprint density at radius 1 is 1.50 bits per heavy atom. The number of pyridine rings is 1. The van der Waals surface area contributed by atoms with Crippen LogP contribution in [-0.2, 0) is 11.3 Å². The second kappa shape index (κ2) is 7.24. The zero-order valence-electron chi connectivity index (χ0n) is 12.4. The summed E-state index contributed by atoms with van der Waals surface area (Å²) in [5.41, 5.74) is 1.16. The lowest BCUT2D eigenvalue weighted by Gasteiger charge is -2.34. The number of piperazine rings is 1. The van der Waals surface area contributed by atoms with Gasteiger partial charge in [0, 0.05) is 37.9 Å². The smallest absolute Gasteiger partial charge is 0.237 e. The summed E-state index contributed by atoms with van der Waals surface area (Å²) in [5, 5.41) is 6.29. The molecule has 1 atom stereocenters. The summed E-state index contributed by atoms with van der Waals surface area (Å²) in [7, 11) is 0. The van der Waals surface area contributed by atoms with Crippen molar-refractivity contribution >= 4 is 11.7 Å². The van der Waals surface area contributed by atoms with Crippen molar-refractivity contribution in [1.29, 1.82) is 0 Å². The number of nitrogens with one attached hydrogen (secondary N) is 2. The largest absolute Gasteiger partial charge is 0.370 e. The van der Waals surface area contributed by atoms with Crippen molar-refractivity contribution in [2.75, 3.05) is 25.0 Å². The predicted molar refractivity (Wildman–Crippen MR) is 80.5 cm³/mol. The molecule has 110 valence electrons. The quantitative estimate of drug-likeness (QED) is 0.829. The summed E-state index contributed by atoms with van der Waals surface area (Å²) in [5.74, 6) is 1.08. The minimum Gasteiger partial charge on any atom is -0.370 e. The monoisotopic (exact) mass is 276 g/mol. The first-order valence-electron chi connectivity index (χ1n) is 7.45. The van der Waals surface area contributed by atoms with Gasteiger partial charge >= 0.3 is 0 Å². The molecular formula is C15H24N4O. The minimum absolute atomic E-state index is 0.0250. The van der Waals surface area contributed by atoms with Gasteiger partial charge < -0.3 is 10.6 Å². The molecular weight excluding hydrogens is 252 g/mol. The van der Waals surface area contributed by atoms with Gasteiger partial charge in [0.2, 0.25) is 5.91 Å². The van der Waals surface area contributed by atoms with E-state index >= 15 is 0 Å². The van der Waals surface area contributed by atoms with Crippen molar-refractivity contribution < 1.29 is 4.79 Å². The summed E-state index contributed by atoms with van der Waals surface area (Å²) in [6, 6.07) is 4.02. The van der Waals surface area contributed by atoms with Crippen molar-refractivity contribution in [3.63, 3.8) is 0 Å². The van der Waals surface area contributed by atoms with E-state index in [1.807, 2.05) is 12.3 Å². The fraction of sp³-hybridized carbons (Fsp3) is 0.600. The lowest BCUT2D eigenvalue weighted by atomic mass is 10.1. The fourth-order valence-electron chi connectivity index (χ4n) is 2.58. The van der Waals surface area contributed by atoms with Gasteiger partial charge in [-0.05, 0) is 18.9 Å². The number of rotatable bonds is 6. The van der Waals surface area contributed by atoms with E-state index in [4.69, 9.17) is 0 Å². The van der Waals surface area contributed by atoms with E-state index in [0.29, 0.717) is 0 Å². The van der Waals surface area contributed by atoms with Crippen molar-refractivity contribution in [3.8, 4) is 0 Å². The third-order valence-electron chi connectivity index (χ3n) is 3.64. The Kier molecular flexibility index (Phi) is 5.35. The predicted octanol–water partition coefficient (Wildman–Crippen LogP) is 1.61. The number of carbonyl (C=O) groups excluding carboxylic acids is 1. The molecule has 20 heavy (non-hydrogen) atoms. The Morgan fingerprint density at radius 2 is 2.35 bits per heavy atom. The van der Waals surface area contributed by atoms with Crippen LogP contribution in [0.5, 0.6) is 0 Å². The van der Waals surface area contributed by atoms with Gasteiger partial charge in [-0.2, -0.15) is 0 Å². The average molecular weight is 276 g/mol. The molecule has 2 heterocycles. The standard InChI is InChI=1S/C15H24N4O/c1-3-7-16-14-12(6-5-8-17-14)11-19-10-9-18-15(20)13(19)4-2/h5-6,8,13H,3-4,7,9-11H2,1-2H3,(H,16,17)(H,18,20). The Bertz CT molecular complexity index is 449. The molecule has 0 aliphatic carbocycles. The number of aromatic nitrogens is 1. The second-order valence-corrected chi connectivity index (χ2v) is 5.12. The van der Waals surface area contributed by atoms with E-state index in [2.05, 4.69) is 40.4 Å². The van der Waals surface area contributed by atoms with Crippen LogP contribution in [0.2, 0.25) is 0 Å². The van der Waals surface area contributed by atoms with E-state index in [0.717, 1.165) is 50.4 Å². The molecule has 1 amide bonds. The van der Waals surface area contributed by atoms with Crippen molar-refractivity contribution in [2.45, 2.75) is 39.3 Å². The number of amides is 1. The summed E-state index contributed by atoms with van der Waals surface area (Å²) < 4.78 is 0. The summed E-state index contributed by atoms with van der Waals surface area (Å²) in [6.07, 6.45) is 3.71. The van der Waals surface area contributed by atoms with E-state index in [1.54, 1.807) is 0 Å². The first-order chi connectivity index (χ1) is 9.76. The van der Waals surface area contributed by atoms with Crippen LogP contribution in [0.3, 0.4) is 0 Å². The molecule has 1 aromatic rings. The van der Waals surface area contributed by atoms with Gasteiger partial charge in [0.05, 0.1) is 6.04 Å². The van der Waals surface area contributed by atoms with Gasteiger partial charge in [0.25, 0.3) is 0 Å². The van der Waals surface area contributed by atoms with Crippen molar-refractivity contribution in [1.82, 2.24) is 15.2 Å². The topological polar surface area (TPSA) is 57.3 Å². The molecule has 1 aliphatic heterocycles. The van der Waals surface area contributed by atoms with Crippen LogP contribution in [0.4, 0.5) is 5.82 Å². The normalized spacial score (nSPS) is 19.7. The van der Waals surface area contributed by atoms with Crippen LogP contribution >= 0.6 is 0 Å². The zero-order valence-corrected chi connectivity index (χ0v) is 12.4. The molecule has 0 radical (unpaired) electrons. The van der Waals surface area contributed by atoms with Gasteiger partial charge in [-0.3, -0.25) is 9.69 Å². The number of nitrogens with zero attached hydrogens (tertiary/aromatic N) is 2. The summed E-state index contributed by atoms with van der Waals surface area (Å²) in [4.78, 5) is 18.6. The molecule has 0 spiro atoms. The number of anilines is 1. The molecule has 0 saturated carbocycles. The molecule has 1 unspecified atom stereocenters. The first kappa shape index (κ1) is 14.8. The number of carbonyl (C=O) groups is 1. The van der Waals surface area contributed by atoms with Gasteiger partial charge in [0.15, 0.2) is 0 Å². The highest BCUT2D eigenvalue weighted by atomic mass is 16.2. The molecule has 1 fully saturated rings. The molecule has 1 saturated heterocycles. The molecule has 2 N–H and O–H groups in total. The lowest BCUT2D eigenvalue weighted by Crippen LogP contribution is -2.54. The van der Waals surface area contributed by atoms with Gasteiger partial charge in [-0.25, -0.2) is 4.98 Å². The van der Waals surface area contributed by atoms with Crippen LogP contribution < -0.4 is 10.6 Å². The van der Waals surface area contributed by atoms with Crippen molar-refractivity contribution in [3.05, 3.63) is 23.9 Å². The molecule has 2 rings (SSSR count). The summed E-state index contributed by atoms with van der Waals surface area (Å²) >= 11 is 0. The minimum atomic E-state index is -0.0250. The average Bonchev–Trinajstić information content (AvgIpc) is 2.47. The van der Waals surface area contributed by atoms with E-state index in [-0.39, 0.29) is 11.9 Å². The zero-order chi connectivity index (χ0) is 14.4. The molecule has 5 nitrogen and oxygen atoms in total. The molecule has 1 aromatic heterocycles. The maximum absolute atomic E-state index is 11.9. The number of hydrogen-bond donors (Lipinski definition) is 2. The Balaban J connectivity index is 2.10.